The van der Waals surface area contributed by atoms with E-state index < -0.39 is 0 Å². The highest BCUT2D eigenvalue weighted by Gasteiger charge is 2.40. The van der Waals surface area contributed by atoms with E-state index in [1.165, 1.54) is 0 Å². The van der Waals surface area contributed by atoms with Gasteiger partial charge < -0.3 is 10.2 Å². The van der Waals surface area contributed by atoms with Crippen molar-refractivity contribution in [2.24, 2.45) is 7.05 Å². The summed E-state index contributed by atoms with van der Waals surface area (Å²) >= 11 is 0. The van der Waals surface area contributed by atoms with Crippen LogP contribution in [-0.4, -0.2) is 69.7 Å². The standard InChI is InChI=1S/C23H31N5O2/c1-16-21(17(2)26(3)25-16)9-10-22(29)24-13-20-15-28(19-11-12-27(20)14-19)23(30)18-7-5-4-6-8-18/h4-8,19-20H,9-15H2,1-3H3,(H,24,29)/t19-,20+/m0/s1. The average Bonchev–Trinajstić information content (AvgIpc) is 3.27. The number of amides is 2. The van der Waals surface area contributed by atoms with Crippen LogP contribution in [0.3, 0.4) is 0 Å². The van der Waals surface area contributed by atoms with Gasteiger partial charge in [0.05, 0.1) is 5.69 Å². The Bertz CT molecular complexity index is 923. The first-order chi connectivity index (χ1) is 14.4. The molecule has 2 aromatic rings. The van der Waals surface area contributed by atoms with Crippen LogP contribution in [-0.2, 0) is 18.3 Å². The maximum absolute atomic E-state index is 13.0. The highest BCUT2D eigenvalue weighted by atomic mass is 16.2. The van der Waals surface area contributed by atoms with Crippen LogP contribution in [0.4, 0.5) is 0 Å². The van der Waals surface area contributed by atoms with Crippen molar-refractivity contribution in [3.05, 3.63) is 52.8 Å². The summed E-state index contributed by atoms with van der Waals surface area (Å²) in [6.45, 7) is 7.15. The zero-order valence-corrected chi connectivity index (χ0v) is 18.1. The van der Waals surface area contributed by atoms with Crippen LogP contribution in [0, 0.1) is 13.8 Å². The van der Waals surface area contributed by atoms with E-state index in [1.807, 2.05) is 60.8 Å². The topological polar surface area (TPSA) is 70.5 Å². The van der Waals surface area contributed by atoms with Gasteiger partial charge in [-0.1, -0.05) is 18.2 Å². The lowest BCUT2D eigenvalue weighted by atomic mass is 10.1. The van der Waals surface area contributed by atoms with Gasteiger partial charge in [0.1, 0.15) is 0 Å². The number of nitrogens with zero attached hydrogens (tertiary/aromatic N) is 4. The number of piperazine rings is 1. The molecule has 0 spiro atoms. The third kappa shape index (κ3) is 4.12. The third-order valence-corrected chi connectivity index (χ3v) is 6.64. The Morgan fingerprint density at radius 3 is 2.63 bits per heavy atom. The van der Waals surface area contributed by atoms with Crippen molar-refractivity contribution < 1.29 is 9.59 Å². The average molecular weight is 410 g/mol. The fourth-order valence-electron chi connectivity index (χ4n) is 4.77. The Hall–Kier alpha value is -2.67. The summed E-state index contributed by atoms with van der Waals surface area (Å²) in [4.78, 5) is 29.9. The van der Waals surface area contributed by atoms with Gasteiger partial charge in [-0.05, 0) is 44.4 Å². The summed E-state index contributed by atoms with van der Waals surface area (Å²) in [6.07, 6.45) is 2.16. The number of carbonyl (C=O) groups is 2. The number of carbonyl (C=O) groups excluding carboxylic acids is 2. The number of aromatic nitrogens is 2. The van der Waals surface area contributed by atoms with Crippen LogP contribution in [0.15, 0.2) is 30.3 Å². The van der Waals surface area contributed by atoms with Crippen molar-refractivity contribution in [1.29, 1.82) is 0 Å². The second-order valence-electron chi connectivity index (χ2n) is 8.49. The van der Waals surface area contributed by atoms with Crippen molar-refractivity contribution in [3.63, 3.8) is 0 Å². The van der Waals surface area contributed by atoms with Crippen LogP contribution >= 0.6 is 0 Å². The third-order valence-electron chi connectivity index (χ3n) is 6.64. The summed E-state index contributed by atoms with van der Waals surface area (Å²) in [5, 5.41) is 7.53. The smallest absolute Gasteiger partial charge is 0.254 e. The molecular weight excluding hydrogens is 378 g/mol. The van der Waals surface area contributed by atoms with E-state index in [0.717, 1.165) is 42.0 Å². The van der Waals surface area contributed by atoms with Crippen molar-refractivity contribution in [1.82, 2.24) is 24.9 Å². The maximum atomic E-state index is 13.0. The Morgan fingerprint density at radius 1 is 1.17 bits per heavy atom. The molecule has 2 aliphatic rings. The van der Waals surface area contributed by atoms with E-state index in [9.17, 15) is 9.59 Å². The van der Waals surface area contributed by atoms with Gasteiger partial charge in [-0.15, -0.1) is 0 Å². The van der Waals surface area contributed by atoms with Crippen molar-refractivity contribution >= 4 is 11.8 Å². The SMILES string of the molecule is Cc1nn(C)c(C)c1CCC(=O)NC[C@@H]1CN(C(=O)c2ccccc2)[C@H]2CCN1C2. The molecule has 30 heavy (non-hydrogen) atoms. The molecule has 0 aliphatic carbocycles. The van der Waals surface area contributed by atoms with Crippen LogP contribution in [0.1, 0.15) is 40.2 Å². The minimum absolute atomic E-state index is 0.0555. The first-order valence-electron chi connectivity index (χ1n) is 10.8. The van der Waals surface area contributed by atoms with E-state index >= 15 is 0 Å². The molecule has 1 aromatic heterocycles. The lowest BCUT2D eigenvalue weighted by Crippen LogP contribution is -2.57. The molecule has 2 saturated heterocycles. The van der Waals surface area contributed by atoms with Gasteiger partial charge in [0.15, 0.2) is 0 Å². The van der Waals surface area contributed by atoms with Crippen LogP contribution < -0.4 is 5.32 Å². The Kier molecular flexibility index (Phi) is 5.90. The summed E-state index contributed by atoms with van der Waals surface area (Å²) < 4.78 is 1.87. The van der Waals surface area contributed by atoms with E-state index in [0.29, 0.717) is 25.9 Å². The number of hydrogen-bond donors (Lipinski definition) is 1. The number of benzene rings is 1. The van der Waals surface area contributed by atoms with Crippen molar-refractivity contribution in [2.45, 2.75) is 45.2 Å². The van der Waals surface area contributed by atoms with Gasteiger partial charge in [-0.2, -0.15) is 5.10 Å². The Labute approximate surface area is 178 Å². The lowest BCUT2D eigenvalue weighted by Gasteiger charge is -2.40. The molecule has 160 valence electrons. The zero-order valence-electron chi connectivity index (χ0n) is 18.1. The molecule has 2 bridgehead atoms. The predicted octanol–water partition coefficient (Wildman–Crippen LogP) is 1.68. The molecule has 7 heteroatoms. The van der Waals surface area contributed by atoms with E-state index in [-0.39, 0.29) is 23.9 Å². The first-order valence-corrected chi connectivity index (χ1v) is 10.8. The number of nitrogens with one attached hydrogen (secondary N) is 1. The summed E-state index contributed by atoms with van der Waals surface area (Å²) in [5.74, 6) is 0.154. The number of aryl methyl sites for hydroxylation is 2. The molecule has 2 aliphatic heterocycles. The van der Waals surface area contributed by atoms with Gasteiger partial charge in [0, 0.05) is 63.0 Å². The van der Waals surface area contributed by atoms with Crippen molar-refractivity contribution in [3.8, 4) is 0 Å². The van der Waals surface area contributed by atoms with Gasteiger partial charge in [-0.25, -0.2) is 0 Å². The molecule has 2 amide bonds. The van der Waals surface area contributed by atoms with Gasteiger partial charge in [0.25, 0.3) is 5.91 Å². The van der Waals surface area contributed by atoms with E-state index in [1.54, 1.807) is 0 Å². The highest BCUT2D eigenvalue weighted by Crippen LogP contribution is 2.26. The largest absolute Gasteiger partial charge is 0.354 e. The van der Waals surface area contributed by atoms with Gasteiger partial charge >= 0.3 is 0 Å². The molecule has 3 atom stereocenters. The molecule has 1 aromatic carbocycles. The van der Waals surface area contributed by atoms with Gasteiger partial charge in [-0.3, -0.25) is 19.2 Å². The molecule has 4 rings (SSSR count). The monoisotopic (exact) mass is 409 g/mol. The predicted molar refractivity (Wildman–Crippen MR) is 115 cm³/mol. The van der Waals surface area contributed by atoms with Gasteiger partial charge in [0.2, 0.25) is 5.91 Å². The van der Waals surface area contributed by atoms with E-state index in [2.05, 4.69) is 15.3 Å². The quantitative estimate of drug-likeness (QED) is 0.788. The first kappa shape index (κ1) is 20.6. The zero-order chi connectivity index (χ0) is 21.3. The molecule has 0 saturated carbocycles. The van der Waals surface area contributed by atoms with Crippen LogP contribution in [0.2, 0.25) is 0 Å². The lowest BCUT2D eigenvalue weighted by molar-refractivity contribution is -0.121. The second-order valence-corrected chi connectivity index (χ2v) is 8.49. The number of fused-ring (bicyclic) bond motifs is 2. The minimum Gasteiger partial charge on any atom is -0.354 e. The Morgan fingerprint density at radius 2 is 1.93 bits per heavy atom. The minimum atomic E-state index is 0.0555. The summed E-state index contributed by atoms with van der Waals surface area (Å²) in [6, 6.07) is 9.94. The van der Waals surface area contributed by atoms with Crippen molar-refractivity contribution in [2.75, 3.05) is 26.2 Å². The molecular formula is C23H31N5O2. The fourth-order valence-corrected chi connectivity index (χ4v) is 4.77. The van der Waals surface area contributed by atoms with E-state index in [4.69, 9.17) is 0 Å². The Balaban J connectivity index is 1.33. The molecule has 2 fully saturated rings. The molecule has 3 heterocycles. The molecule has 1 N–H and O–H groups in total. The molecule has 7 nitrogen and oxygen atoms in total. The summed E-state index contributed by atoms with van der Waals surface area (Å²) in [5.41, 5.74) is 4.01. The molecule has 1 unspecified atom stereocenters. The summed E-state index contributed by atoms with van der Waals surface area (Å²) in [7, 11) is 1.93. The highest BCUT2D eigenvalue weighted by molar-refractivity contribution is 5.94. The number of rotatable bonds is 6. The van der Waals surface area contributed by atoms with Crippen LogP contribution in [0.25, 0.3) is 0 Å². The number of hydrogen-bond acceptors (Lipinski definition) is 4. The molecule has 0 radical (unpaired) electrons. The maximum Gasteiger partial charge on any atom is 0.254 e. The fraction of sp³-hybridized carbons (Fsp3) is 0.522. The second kappa shape index (κ2) is 8.60. The normalized spacial score (nSPS) is 22.9. The van der Waals surface area contributed by atoms with Crippen LogP contribution in [0.5, 0.6) is 0 Å².